The van der Waals surface area contributed by atoms with Gasteiger partial charge in [0.15, 0.2) is 9.84 Å². The average molecular weight is 455 g/mol. The Labute approximate surface area is 185 Å². The molecule has 1 heterocycles. The van der Waals surface area contributed by atoms with Gasteiger partial charge in [0.1, 0.15) is 11.5 Å². The summed E-state index contributed by atoms with van der Waals surface area (Å²) in [6.45, 7) is 7.49. The van der Waals surface area contributed by atoms with E-state index >= 15 is 0 Å². The summed E-state index contributed by atoms with van der Waals surface area (Å²) in [6, 6.07) is 3.65. The third-order valence-electron chi connectivity index (χ3n) is 5.71. The first-order chi connectivity index (χ1) is 14.9. The number of hydrogen-bond donors (Lipinski definition) is 1. The van der Waals surface area contributed by atoms with Crippen molar-refractivity contribution in [2.24, 2.45) is 0 Å². The maximum Gasteiger partial charge on any atom is 0.225 e. The van der Waals surface area contributed by atoms with E-state index < -0.39 is 9.84 Å². The molecule has 31 heavy (non-hydrogen) atoms. The van der Waals surface area contributed by atoms with Crippen molar-refractivity contribution < 1.29 is 27.4 Å². The second-order valence-corrected chi connectivity index (χ2v) is 10.3. The Morgan fingerprint density at radius 3 is 2.39 bits per heavy atom. The Balaban J connectivity index is 1.75. The Kier molecular flexibility index (Phi) is 8.43. The van der Waals surface area contributed by atoms with Crippen LogP contribution in [-0.4, -0.2) is 64.8 Å². The van der Waals surface area contributed by atoms with E-state index in [9.17, 15) is 13.2 Å². The molecule has 3 rings (SSSR count). The predicted octanol–water partition coefficient (Wildman–Crippen LogP) is 3.01. The van der Waals surface area contributed by atoms with Gasteiger partial charge in [0.2, 0.25) is 5.91 Å². The number of carbonyl (C=O) groups is 1. The van der Waals surface area contributed by atoms with Crippen LogP contribution in [0.4, 0.5) is 11.4 Å². The van der Waals surface area contributed by atoms with Gasteiger partial charge in [-0.25, -0.2) is 8.42 Å². The number of morpholine rings is 1. The Morgan fingerprint density at radius 1 is 1.10 bits per heavy atom. The number of nitrogens with one attached hydrogen (secondary N) is 1. The van der Waals surface area contributed by atoms with Crippen LogP contribution in [0.1, 0.15) is 46.0 Å². The highest BCUT2D eigenvalue weighted by atomic mass is 32.2. The summed E-state index contributed by atoms with van der Waals surface area (Å²) >= 11 is 0. The van der Waals surface area contributed by atoms with Crippen LogP contribution in [0.15, 0.2) is 12.1 Å². The zero-order valence-corrected chi connectivity index (χ0v) is 19.3. The maximum atomic E-state index is 12.6. The van der Waals surface area contributed by atoms with Gasteiger partial charge in [-0.1, -0.05) is 12.8 Å². The van der Waals surface area contributed by atoms with E-state index in [1.165, 1.54) is 0 Å². The minimum atomic E-state index is -3.24. The minimum absolute atomic E-state index is 0.0699. The molecule has 1 aliphatic carbocycles. The molecule has 1 aliphatic heterocycles. The molecular weight excluding hydrogens is 420 g/mol. The second kappa shape index (κ2) is 11.0. The number of hydrogen-bond acceptors (Lipinski definition) is 7. The van der Waals surface area contributed by atoms with E-state index in [-0.39, 0.29) is 23.3 Å². The predicted molar refractivity (Wildman–Crippen MR) is 121 cm³/mol. The van der Waals surface area contributed by atoms with Crippen molar-refractivity contribution in [2.75, 3.05) is 55.5 Å². The highest BCUT2D eigenvalue weighted by molar-refractivity contribution is 7.92. The van der Waals surface area contributed by atoms with Crippen LogP contribution in [0.3, 0.4) is 0 Å². The molecule has 2 aliphatic rings. The van der Waals surface area contributed by atoms with Gasteiger partial charge in [-0.15, -0.1) is 0 Å². The Bertz CT molecular complexity index is 846. The zero-order valence-electron chi connectivity index (χ0n) is 18.5. The molecular formula is C22H34N2O6S. The summed E-state index contributed by atoms with van der Waals surface area (Å²) in [5.41, 5.74) is 1.39. The van der Waals surface area contributed by atoms with Crippen LogP contribution in [0.2, 0.25) is 0 Å². The molecule has 1 saturated heterocycles. The van der Waals surface area contributed by atoms with Gasteiger partial charge in [-0.2, -0.15) is 0 Å². The third kappa shape index (κ3) is 6.26. The number of nitrogens with zero attached hydrogens (tertiary/aromatic N) is 1. The molecule has 1 saturated carbocycles. The lowest BCUT2D eigenvalue weighted by Crippen LogP contribution is -2.36. The fraction of sp³-hybridized carbons (Fsp3) is 0.682. The van der Waals surface area contributed by atoms with Crippen molar-refractivity contribution in [3.63, 3.8) is 0 Å². The molecule has 1 amide bonds. The lowest BCUT2D eigenvalue weighted by atomic mass is 10.2. The van der Waals surface area contributed by atoms with E-state index in [4.69, 9.17) is 14.2 Å². The molecule has 0 atom stereocenters. The number of rotatable bonds is 10. The quantitative estimate of drug-likeness (QED) is 0.581. The Morgan fingerprint density at radius 2 is 1.74 bits per heavy atom. The number of sulfone groups is 1. The van der Waals surface area contributed by atoms with Crippen molar-refractivity contribution in [1.29, 1.82) is 0 Å². The summed E-state index contributed by atoms with van der Waals surface area (Å²) < 4.78 is 42.0. The molecule has 0 aromatic heterocycles. The topological polar surface area (TPSA) is 94.2 Å². The first kappa shape index (κ1) is 23.7. The summed E-state index contributed by atoms with van der Waals surface area (Å²) in [5, 5.41) is 2.54. The van der Waals surface area contributed by atoms with Crippen LogP contribution < -0.4 is 19.7 Å². The normalized spacial score (nSPS) is 17.5. The molecule has 1 aromatic rings. The van der Waals surface area contributed by atoms with Crippen molar-refractivity contribution in [3.05, 3.63) is 12.1 Å². The van der Waals surface area contributed by atoms with Crippen molar-refractivity contribution >= 4 is 27.1 Å². The molecule has 2 fully saturated rings. The molecule has 9 heteroatoms. The highest BCUT2D eigenvalue weighted by Gasteiger charge is 2.29. The van der Waals surface area contributed by atoms with Crippen molar-refractivity contribution in [1.82, 2.24) is 0 Å². The standard InChI is InChI=1S/C22H34N2O6S/c1-3-29-20-16-19(24-10-12-28-13-11-24)21(30-4-2)15-18(20)23-22(25)9-14-31(26,27)17-7-5-6-8-17/h15-17H,3-14H2,1-2H3,(H,23,25). The molecule has 1 aromatic carbocycles. The van der Waals surface area contributed by atoms with Crippen LogP contribution in [0.25, 0.3) is 0 Å². The van der Waals surface area contributed by atoms with E-state index in [2.05, 4.69) is 10.2 Å². The maximum absolute atomic E-state index is 12.6. The molecule has 0 bridgehead atoms. The first-order valence-corrected chi connectivity index (χ1v) is 12.9. The van der Waals surface area contributed by atoms with Crippen LogP contribution in [0.5, 0.6) is 11.5 Å². The van der Waals surface area contributed by atoms with Gasteiger partial charge in [-0.3, -0.25) is 4.79 Å². The summed E-state index contributed by atoms with van der Waals surface area (Å²) in [5.74, 6) is 0.725. The van der Waals surface area contributed by atoms with Gasteiger partial charge in [0, 0.05) is 31.6 Å². The number of amides is 1. The van der Waals surface area contributed by atoms with Gasteiger partial charge >= 0.3 is 0 Å². The molecule has 0 radical (unpaired) electrons. The molecule has 1 N–H and O–H groups in total. The average Bonchev–Trinajstić information content (AvgIpc) is 3.31. The fourth-order valence-electron chi connectivity index (χ4n) is 4.11. The van der Waals surface area contributed by atoms with E-state index in [1.807, 2.05) is 19.9 Å². The number of carbonyl (C=O) groups excluding carboxylic acids is 1. The summed E-state index contributed by atoms with van der Waals surface area (Å²) in [4.78, 5) is 14.8. The van der Waals surface area contributed by atoms with Crippen molar-refractivity contribution in [2.45, 2.75) is 51.2 Å². The number of benzene rings is 1. The van der Waals surface area contributed by atoms with Crippen LogP contribution in [0, 0.1) is 0 Å². The first-order valence-electron chi connectivity index (χ1n) is 11.2. The van der Waals surface area contributed by atoms with Gasteiger partial charge in [0.05, 0.1) is 48.8 Å². The molecule has 0 unspecified atom stereocenters. The minimum Gasteiger partial charge on any atom is -0.492 e. The molecule has 8 nitrogen and oxygen atoms in total. The summed E-state index contributed by atoms with van der Waals surface area (Å²) in [7, 11) is -3.24. The van der Waals surface area contributed by atoms with E-state index in [0.29, 0.717) is 56.5 Å². The third-order valence-corrected chi connectivity index (χ3v) is 7.97. The van der Waals surface area contributed by atoms with Gasteiger partial charge in [-0.05, 0) is 26.7 Å². The largest absolute Gasteiger partial charge is 0.492 e. The fourth-order valence-corrected chi connectivity index (χ4v) is 5.96. The second-order valence-electron chi connectivity index (χ2n) is 7.85. The van der Waals surface area contributed by atoms with Crippen molar-refractivity contribution in [3.8, 4) is 11.5 Å². The zero-order chi connectivity index (χ0) is 22.3. The monoisotopic (exact) mass is 454 g/mol. The van der Waals surface area contributed by atoms with Crippen LogP contribution in [-0.2, 0) is 19.4 Å². The van der Waals surface area contributed by atoms with E-state index in [0.717, 1.165) is 31.6 Å². The smallest absolute Gasteiger partial charge is 0.225 e. The molecule has 0 spiro atoms. The number of anilines is 2. The summed E-state index contributed by atoms with van der Waals surface area (Å²) in [6.07, 6.45) is 3.24. The van der Waals surface area contributed by atoms with E-state index in [1.54, 1.807) is 6.07 Å². The van der Waals surface area contributed by atoms with Gasteiger partial charge < -0.3 is 24.4 Å². The lowest BCUT2D eigenvalue weighted by molar-refractivity contribution is -0.115. The van der Waals surface area contributed by atoms with Gasteiger partial charge in [0.25, 0.3) is 0 Å². The lowest BCUT2D eigenvalue weighted by Gasteiger charge is -2.31. The SMILES string of the molecule is CCOc1cc(N2CCOCC2)c(OCC)cc1NC(=O)CCS(=O)(=O)C1CCCC1. The molecule has 174 valence electrons. The van der Waals surface area contributed by atoms with Crippen LogP contribution >= 0.6 is 0 Å². The highest BCUT2D eigenvalue weighted by Crippen LogP contribution is 2.39. The number of ether oxygens (including phenoxy) is 3. The Hall–Kier alpha value is -2.00.